The molecule has 1 fully saturated rings. The van der Waals surface area contributed by atoms with E-state index >= 15 is 0 Å². The number of ketones is 1. The van der Waals surface area contributed by atoms with Crippen molar-refractivity contribution >= 4 is 15.6 Å². The van der Waals surface area contributed by atoms with Gasteiger partial charge < -0.3 is 5.11 Å². The van der Waals surface area contributed by atoms with Gasteiger partial charge in [-0.25, -0.2) is 12.8 Å². The van der Waals surface area contributed by atoms with Crippen molar-refractivity contribution in [1.82, 2.24) is 4.98 Å². The SMILES string of the molecule is O=C(Cc1ccncc1)CC1CC(c2ccc(C(O)(C(F)(F)F)C(F)(F)F)cc2)(S(=O)(=O)c2ccc(F)cc2)C1. The Balaban J connectivity index is 1.68. The quantitative estimate of drug-likeness (QED) is 0.265. The number of hydrogen-bond donors (Lipinski definition) is 1. The Bertz CT molecular complexity index is 1450. The van der Waals surface area contributed by atoms with Crippen molar-refractivity contribution in [3.05, 3.63) is 95.6 Å². The van der Waals surface area contributed by atoms with Crippen LogP contribution in [0.3, 0.4) is 0 Å². The number of nitrogens with zero attached hydrogens (tertiary/aromatic N) is 1. The molecule has 40 heavy (non-hydrogen) atoms. The molecule has 1 N–H and O–H groups in total. The molecule has 214 valence electrons. The van der Waals surface area contributed by atoms with Gasteiger partial charge in [0.15, 0.2) is 9.84 Å². The summed E-state index contributed by atoms with van der Waals surface area (Å²) in [4.78, 5) is 16.2. The highest BCUT2D eigenvalue weighted by Crippen LogP contribution is 2.56. The van der Waals surface area contributed by atoms with E-state index in [0.29, 0.717) is 17.7 Å². The van der Waals surface area contributed by atoms with Crippen LogP contribution in [0, 0.1) is 11.7 Å². The molecular weight excluding hydrogens is 567 g/mol. The minimum atomic E-state index is -6.11. The Kier molecular flexibility index (Phi) is 7.61. The third-order valence-corrected chi connectivity index (χ3v) is 9.68. The molecular formula is C27H22F7NO4S. The Labute approximate surface area is 224 Å². The van der Waals surface area contributed by atoms with Gasteiger partial charge in [0.05, 0.1) is 4.90 Å². The summed E-state index contributed by atoms with van der Waals surface area (Å²) in [6.45, 7) is 0. The van der Waals surface area contributed by atoms with Crippen molar-refractivity contribution in [1.29, 1.82) is 0 Å². The number of Topliss-reactive ketones (excluding diaryl/α,β-unsaturated/α-hetero) is 1. The smallest absolute Gasteiger partial charge is 0.369 e. The summed E-state index contributed by atoms with van der Waals surface area (Å²) in [5.41, 5.74) is -6.13. The molecule has 1 aliphatic rings. The predicted octanol–water partition coefficient (Wildman–Crippen LogP) is 5.81. The molecule has 0 atom stereocenters. The molecule has 2 aromatic carbocycles. The lowest BCUT2D eigenvalue weighted by molar-refractivity contribution is -0.376. The third-order valence-electron chi connectivity index (χ3n) is 7.19. The van der Waals surface area contributed by atoms with Gasteiger partial charge in [-0.2, -0.15) is 26.3 Å². The number of alkyl halides is 6. The van der Waals surface area contributed by atoms with Crippen LogP contribution in [0.15, 0.2) is 78.0 Å². The summed E-state index contributed by atoms with van der Waals surface area (Å²) >= 11 is 0. The molecule has 13 heteroatoms. The maximum atomic E-state index is 13.7. The third kappa shape index (κ3) is 5.12. The van der Waals surface area contributed by atoms with Crippen molar-refractivity contribution in [3.63, 3.8) is 0 Å². The molecule has 1 aliphatic carbocycles. The van der Waals surface area contributed by atoms with Crippen LogP contribution in [0.1, 0.15) is 36.0 Å². The normalized spacial score (nSPS) is 20.1. The van der Waals surface area contributed by atoms with Crippen LogP contribution in [0.2, 0.25) is 0 Å². The number of halogens is 7. The second kappa shape index (κ2) is 10.3. The van der Waals surface area contributed by atoms with Crippen LogP contribution in [-0.2, 0) is 31.4 Å². The van der Waals surface area contributed by atoms with Crippen LogP contribution in [0.5, 0.6) is 0 Å². The predicted molar refractivity (Wildman–Crippen MR) is 128 cm³/mol. The molecule has 1 aromatic heterocycles. The Hall–Kier alpha value is -3.32. The molecule has 5 nitrogen and oxygen atoms in total. The minimum absolute atomic E-state index is 0.0109. The number of carbonyl (C=O) groups excluding carboxylic acids is 1. The first-order chi connectivity index (χ1) is 18.5. The number of pyridine rings is 1. The fourth-order valence-corrected chi connectivity index (χ4v) is 7.39. The van der Waals surface area contributed by atoms with Crippen molar-refractivity contribution in [2.24, 2.45) is 5.92 Å². The highest BCUT2D eigenvalue weighted by atomic mass is 32.2. The molecule has 0 spiro atoms. The van der Waals surface area contributed by atoms with E-state index in [0.717, 1.165) is 36.4 Å². The van der Waals surface area contributed by atoms with Gasteiger partial charge in [0, 0.05) is 30.8 Å². The average Bonchev–Trinajstić information content (AvgIpc) is 2.85. The van der Waals surface area contributed by atoms with Gasteiger partial charge in [0.25, 0.3) is 5.60 Å². The van der Waals surface area contributed by atoms with E-state index in [9.17, 15) is 49.1 Å². The molecule has 3 aromatic rings. The van der Waals surface area contributed by atoms with Gasteiger partial charge >= 0.3 is 12.4 Å². The highest BCUT2D eigenvalue weighted by Gasteiger charge is 2.71. The lowest BCUT2D eigenvalue weighted by Crippen LogP contribution is -2.54. The van der Waals surface area contributed by atoms with Crippen LogP contribution in [-0.4, -0.2) is 36.6 Å². The van der Waals surface area contributed by atoms with E-state index in [2.05, 4.69) is 4.98 Å². The molecule has 1 saturated carbocycles. The van der Waals surface area contributed by atoms with Crippen LogP contribution >= 0.6 is 0 Å². The lowest BCUT2D eigenvalue weighted by Gasteiger charge is -2.47. The van der Waals surface area contributed by atoms with E-state index in [4.69, 9.17) is 0 Å². The fraction of sp³-hybridized carbons (Fsp3) is 0.333. The van der Waals surface area contributed by atoms with Crippen LogP contribution in [0.25, 0.3) is 0 Å². The van der Waals surface area contributed by atoms with Crippen molar-refractivity contribution in [2.45, 2.75) is 53.3 Å². The minimum Gasteiger partial charge on any atom is -0.369 e. The van der Waals surface area contributed by atoms with Gasteiger partial charge in [-0.3, -0.25) is 9.78 Å². The molecule has 0 amide bonds. The molecule has 0 unspecified atom stereocenters. The van der Waals surface area contributed by atoms with Gasteiger partial charge in [0.1, 0.15) is 16.3 Å². The lowest BCUT2D eigenvalue weighted by atomic mass is 9.68. The van der Waals surface area contributed by atoms with E-state index in [1.54, 1.807) is 12.1 Å². The highest BCUT2D eigenvalue weighted by molar-refractivity contribution is 7.92. The Morgan fingerprint density at radius 2 is 1.40 bits per heavy atom. The number of carbonyl (C=O) groups is 1. The zero-order valence-electron chi connectivity index (χ0n) is 20.5. The van der Waals surface area contributed by atoms with E-state index in [1.165, 1.54) is 12.4 Å². The number of benzene rings is 2. The summed E-state index contributed by atoms with van der Waals surface area (Å²) in [5, 5.41) is 9.70. The second-order valence-corrected chi connectivity index (χ2v) is 12.0. The summed E-state index contributed by atoms with van der Waals surface area (Å²) in [6.07, 6.45) is -9.46. The summed E-state index contributed by atoms with van der Waals surface area (Å²) in [7, 11) is -4.36. The zero-order valence-corrected chi connectivity index (χ0v) is 21.3. The van der Waals surface area contributed by atoms with E-state index in [1.807, 2.05) is 0 Å². The van der Waals surface area contributed by atoms with Crippen molar-refractivity contribution in [2.75, 3.05) is 0 Å². The summed E-state index contributed by atoms with van der Waals surface area (Å²) in [6, 6.07) is 9.50. The topological polar surface area (TPSA) is 84.3 Å². The van der Waals surface area contributed by atoms with Crippen LogP contribution in [0.4, 0.5) is 30.7 Å². The van der Waals surface area contributed by atoms with Gasteiger partial charge in [-0.1, -0.05) is 24.3 Å². The maximum Gasteiger partial charge on any atom is 0.430 e. The largest absolute Gasteiger partial charge is 0.430 e. The summed E-state index contributed by atoms with van der Waals surface area (Å²) in [5.74, 6) is -1.37. The number of hydrogen-bond acceptors (Lipinski definition) is 5. The maximum absolute atomic E-state index is 13.7. The Morgan fingerprint density at radius 1 is 0.875 bits per heavy atom. The molecule has 0 bridgehead atoms. The van der Waals surface area contributed by atoms with Crippen molar-refractivity contribution < 1.29 is 49.1 Å². The first-order valence-corrected chi connectivity index (χ1v) is 13.4. The molecule has 4 rings (SSSR count). The number of aliphatic hydroxyl groups is 1. The van der Waals surface area contributed by atoms with Gasteiger partial charge in [-0.15, -0.1) is 0 Å². The first-order valence-electron chi connectivity index (χ1n) is 11.9. The number of rotatable bonds is 8. The zero-order chi connectivity index (χ0) is 29.6. The molecule has 0 saturated heterocycles. The van der Waals surface area contributed by atoms with Gasteiger partial charge in [-0.05, 0) is 66.3 Å². The first kappa shape index (κ1) is 29.7. The molecule has 1 heterocycles. The monoisotopic (exact) mass is 589 g/mol. The molecule has 0 radical (unpaired) electrons. The van der Waals surface area contributed by atoms with E-state index in [-0.39, 0.29) is 41.9 Å². The van der Waals surface area contributed by atoms with Crippen LogP contribution < -0.4 is 0 Å². The number of aromatic nitrogens is 1. The van der Waals surface area contributed by atoms with Gasteiger partial charge in [0.2, 0.25) is 0 Å². The number of sulfone groups is 1. The summed E-state index contributed by atoms with van der Waals surface area (Å²) < 4.78 is 119. The Morgan fingerprint density at radius 3 is 1.90 bits per heavy atom. The average molecular weight is 590 g/mol. The fourth-order valence-electron chi connectivity index (χ4n) is 5.09. The van der Waals surface area contributed by atoms with E-state index < -0.39 is 49.8 Å². The molecule has 0 aliphatic heterocycles. The standard InChI is InChI=1S/C27H22F7NO4S/c28-21-5-7-23(8-6-21)40(38,39)24(15-18(16-24)14-22(36)13-17-9-11-35-12-10-17)19-1-3-20(4-2-19)25(37,26(29,30)31)27(32,33)34/h1-12,18,37H,13-16H2. The second-order valence-electron chi connectivity index (χ2n) is 9.78. The van der Waals surface area contributed by atoms with Crippen molar-refractivity contribution in [3.8, 4) is 0 Å².